The van der Waals surface area contributed by atoms with E-state index in [0.29, 0.717) is 24.9 Å². The molecule has 1 saturated carbocycles. The molecule has 1 aromatic rings. The van der Waals surface area contributed by atoms with E-state index in [1.165, 1.54) is 18.2 Å². The van der Waals surface area contributed by atoms with E-state index in [1.54, 1.807) is 4.90 Å². The van der Waals surface area contributed by atoms with Crippen LogP contribution in [0, 0.1) is 22.0 Å². The maximum atomic E-state index is 12.7. The molecular formula is C15H19Cl2N3O3. The van der Waals surface area contributed by atoms with E-state index >= 15 is 0 Å². The van der Waals surface area contributed by atoms with Crippen molar-refractivity contribution in [2.45, 2.75) is 25.3 Å². The summed E-state index contributed by atoms with van der Waals surface area (Å²) in [5, 5.41) is 11.3. The summed E-state index contributed by atoms with van der Waals surface area (Å²) in [6.45, 7) is 1.17. The number of hydrogen-bond donors (Lipinski definition) is 1. The number of rotatable bonds is 2. The number of hydrogen-bond acceptors (Lipinski definition) is 4. The normalized spacial score (nSPS) is 26.3. The lowest BCUT2D eigenvalue weighted by atomic mass is 9.78. The number of nitro groups is 1. The third-order valence-electron chi connectivity index (χ3n) is 4.84. The van der Waals surface area contributed by atoms with Gasteiger partial charge < -0.3 is 10.6 Å². The number of likely N-dealkylation sites (tertiary alicyclic amines) is 1. The number of nitrogens with zero attached hydrogens (tertiary/aromatic N) is 2. The SMILES string of the molecule is Cl.NC1CCCC2CN(C(=O)c3c(Cl)cccc3[N+](=O)[O-])CC12. The first-order valence-corrected chi connectivity index (χ1v) is 7.84. The first kappa shape index (κ1) is 18.0. The van der Waals surface area contributed by atoms with Gasteiger partial charge in [-0.3, -0.25) is 14.9 Å². The Morgan fingerprint density at radius 2 is 2.09 bits per heavy atom. The molecule has 3 atom stereocenters. The number of benzene rings is 1. The summed E-state index contributed by atoms with van der Waals surface area (Å²) < 4.78 is 0. The van der Waals surface area contributed by atoms with Crippen LogP contribution < -0.4 is 5.73 Å². The molecule has 1 saturated heterocycles. The van der Waals surface area contributed by atoms with Gasteiger partial charge in [-0.25, -0.2) is 0 Å². The van der Waals surface area contributed by atoms with Crippen LogP contribution in [0.3, 0.4) is 0 Å². The second-order valence-corrected chi connectivity index (χ2v) is 6.53. The number of fused-ring (bicyclic) bond motifs is 1. The maximum absolute atomic E-state index is 12.7. The van der Waals surface area contributed by atoms with E-state index in [9.17, 15) is 14.9 Å². The van der Waals surface area contributed by atoms with Crippen LogP contribution in [0.4, 0.5) is 5.69 Å². The van der Waals surface area contributed by atoms with Crippen molar-refractivity contribution in [3.63, 3.8) is 0 Å². The Morgan fingerprint density at radius 1 is 1.35 bits per heavy atom. The minimum atomic E-state index is -0.562. The van der Waals surface area contributed by atoms with Crippen LogP contribution in [0.5, 0.6) is 0 Å². The van der Waals surface area contributed by atoms with Crippen molar-refractivity contribution in [3.8, 4) is 0 Å². The van der Waals surface area contributed by atoms with Gasteiger partial charge in [-0.1, -0.05) is 24.1 Å². The summed E-state index contributed by atoms with van der Waals surface area (Å²) in [4.78, 5) is 25.0. The first-order chi connectivity index (χ1) is 10.5. The molecule has 0 radical (unpaired) electrons. The molecule has 1 amide bonds. The number of carbonyl (C=O) groups excluding carboxylic acids is 1. The highest BCUT2D eigenvalue weighted by Gasteiger charge is 2.41. The zero-order valence-electron chi connectivity index (χ0n) is 12.5. The van der Waals surface area contributed by atoms with Gasteiger partial charge in [-0.15, -0.1) is 12.4 Å². The third kappa shape index (κ3) is 3.29. The van der Waals surface area contributed by atoms with E-state index in [2.05, 4.69) is 0 Å². The minimum absolute atomic E-state index is 0. The number of carbonyl (C=O) groups is 1. The topological polar surface area (TPSA) is 89.5 Å². The van der Waals surface area contributed by atoms with E-state index in [1.807, 2.05) is 0 Å². The zero-order chi connectivity index (χ0) is 15.9. The van der Waals surface area contributed by atoms with Crippen molar-refractivity contribution in [1.29, 1.82) is 0 Å². The van der Waals surface area contributed by atoms with Crippen LogP contribution >= 0.6 is 24.0 Å². The molecule has 2 N–H and O–H groups in total. The largest absolute Gasteiger partial charge is 0.338 e. The van der Waals surface area contributed by atoms with Gasteiger partial charge in [-0.2, -0.15) is 0 Å². The van der Waals surface area contributed by atoms with Crippen LogP contribution in [-0.2, 0) is 0 Å². The smallest absolute Gasteiger partial charge is 0.283 e. The summed E-state index contributed by atoms with van der Waals surface area (Å²) in [7, 11) is 0. The molecular weight excluding hydrogens is 341 g/mol. The third-order valence-corrected chi connectivity index (χ3v) is 5.16. The fraction of sp³-hybridized carbons (Fsp3) is 0.533. The molecule has 0 spiro atoms. The Kier molecular flexibility index (Phi) is 5.49. The highest BCUT2D eigenvalue weighted by atomic mass is 35.5. The monoisotopic (exact) mass is 359 g/mol. The van der Waals surface area contributed by atoms with Crippen molar-refractivity contribution in [3.05, 3.63) is 38.9 Å². The van der Waals surface area contributed by atoms with Gasteiger partial charge in [0.1, 0.15) is 5.56 Å². The van der Waals surface area contributed by atoms with Gasteiger partial charge in [0.15, 0.2) is 0 Å². The van der Waals surface area contributed by atoms with Crippen molar-refractivity contribution in [2.24, 2.45) is 17.6 Å². The van der Waals surface area contributed by atoms with Gasteiger partial charge in [-0.05, 0) is 30.7 Å². The van der Waals surface area contributed by atoms with E-state index in [0.717, 1.165) is 19.3 Å². The fourth-order valence-corrected chi connectivity index (χ4v) is 3.97. The Bertz CT molecular complexity index is 626. The van der Waals surface area contributed by atoms with Crippen LogP contribution in [0.15, 0.2) is 18.2 Å². The van der Waals surface area contributed by atoms with Gasteiger partial charge >= 0.3 is 0 Å². The average molecular weight is 360 g/mol. The van der Waals surface area contributed by atoms with E-state index in [4.69, 9.17) is 17.3 Å². The maximum Gasteiger partial charge on any atom is 0.283 e. The Morgan fingerprint density at radius 3 is 2.74 bits per heavy atom. The second-order valence-electron chi connectivity index (χ2n) is 6.12. The van der Waals surface area contributed by atoms with Crippen LogP contribution in [-0.4, -0.2) is 34.9 Å². The summed E-state index contributed by atoms with van der Waals surface area (Å²) in [5.41, 5.74) is 5.90. The summed E-state index contributed by atoms with van der Waals surface area (Å²) >= 11 is 6.05. The second kappa shape index (κ2) is 7.03. The van der Waals surface area contributed by atoms with Crippen LogP contribution in [0.1, 0.15) is 29.6 Å². The van der Waals surface area contributed by atoms with Crippen molar-refractivity contribution >= 4 is 35.6 Å². The van der Waals surface area contributed by atoms with Gasteiger partial charge in [0, 0.05) is 25.2 Å². The Balaban J connectivity index is 0.00000192. The summed E-state index contributed by atoms with van der Waals surface area (Å²) in [5.74, 6) is 0.326. The predicted octanol–water partition coefficient (Wildman–Crippen LogP) is 2.87. The highest BCUT2D eigenvalue weighted by molar-refractivity contribution is 6.34. The van der Waals surface area contributed by atoms with E-state index < -0.39 is 4.92 Å². The average Bonchev–Trinajstić information content (AvgIpc) is 2.92. The van der Waals surface area contributed by atoms with Crippen molar-refractivity contribution in [1.82, 2.24) is 4.90 Å². The lowest BCUT2D eigenvalue weighted by molar-refractivity contribution is -0.385. The number of amides is 1. The molecule has 0 bridgehead atoms. The molecule has 2 fully saturated rings. The van der Waals surface area contributed by atoms with Crippen molar-refractivity contribution in [2.75, 3.05) is 13.1 Å². The molecule has 2 aliphatic rings. The molecule has 1 aromatic carbocycles. The van der Waals surface area contributed by atoms with E-state index in [-0.39, 0.29) is 40.6 Å². The molecule has 126 valence electrons. The number of nitrogens with two attached hydrogens (primary N) is 1. The molecule has 1 aliphatic heterocycles. The number of nitro benzene ring substituents is 1. The Hall–Kier alpha value is -1.37. The first-order valence-electron chi connectivity index (χ1n) is 7.46. The molecule has 1 aliphatic carbocycles. The standard InChI is InChI=1S/C15H18ClN3O3.ClH/c16-11-4-2-6-13(19(21)22)14(11)15(20)18-7-9-3-1-5-12(17)10(9)8-18;/h2,4,6,9-10,12H,1,3,5,7-8,17H2;1H. The molecule has 8 heteroatoms. The molecule has 23 heavy (non-hydrogen) atoms. The summed E-state index contributed by atoms with van der Waals surface area (Å²) in [6.07, 6.45) is 3.12. The minimum Gasteiger partial charge on any atom is -0.338 e. The lowest BCUT2D eigenvalue weighted by Gasteiger charge is -2.29. The fourth-order valence-electron chi connectivity index (χ4n) is 3.72. The van der Waals surface area contributed by atoms with Crippen molar-refractivity contribution < 1.29 is 9.72 Å². The lowest BCUT2D eigenvalue weighted by Crippen LogP contribution is -2.38. The summed E-state index contributed by atoms with van der Waals surface area (Å²) in [6, 6.07) is 4.42. The van der Waals surface area contributed by atoms with Gasteiger partial charge in [0.25, 0.3) is 11.6 Å². The molecule has 3 unspecified atom stereocenters. The highest BCUT2D eigenvalue weighted by Crippen LogP contribution is 2.37. The Labute approximate surface area is 145 Å². The van der Waals surface area contributed by atoms with Gasteiger partial charge in [0.05, 0.1) is 9.95 Å². The predicted molar refractivity (Wildman–Crippen MR) is 90.1 cm³/mol. The zero-order valence-corrected chi connectivity index (χ0v) is 14.1. The van der Waals surface area contributed by atoms with Gasteiger partial charge in [0.2, 0.25) is 0 Å². The van der Waals surface area contributed by atoms with Crippen LogP contribution in [0.2, 0.25) is 5.02 Å². The van der Waals surface area contributed by atoms with Crippen LogP contribution in [0.25, 0.3) is 0 Å². The number of halogens is 2. The molecule has 0 aromatic heterocycles. The molecule has 3 rings (SSSR count). The quantitative estimate of drug-likeness (QED) is 0.649. The molecule has 6 nitrogen and oxygen atoms in total. The molecule has 1 heterocycles.